The minimum absolute atomic E-state index is 0.0226. The van der Waals surface area contributed by atoms with E-state index in [1.807, 2.05) is 0 Å². The summed E-state index contributed by atoms with van der Waals surface area (Å²) in [6, 6.07) is -0.699. The molecule has 0 fully saturated rings. The van der Waals surface area contributed by atoms with Crippen molar-refractivity contribution >= 4 is 0 Å². The summed E-state index contributed by atoms with van der Waals surface area (Å²) in [5.74, 6) is 0. The fourth-order valence-electron chi connectivity index (χ4n) is 1.20. The molecular formula is C9H13N5O4. The number of hydrogen-bond donors (Lipinski definition) is 2. The second kappa shape index (κ2) is 6.60. The van der Waals surface area contributed by atoms with E-state index in [9.17, 15) is 9.59 Å². The number of ether oxygens (including phenoxy) is 1. The van der Waals surface area contributed by atoms with Crippen LogP contribution >= 0.6 is 0 Å². The zero-order chi connectivity index (χ0) is 13.5. The van der Waals surface area contributed by atoms with Crippen LogP contribution in [0.1, 0.15) is 5.56 Å². The number of hydrogen-bond acceptors (Lipinski definition) is 5. The Kier molecular flexibility index (Phi) is 5.12. The van der Waals surface area contributed by atoms with Gasteiger partial charge >= 0.3 is 5.69 Å². The zero-order valence-corrected chi connectivity index (χ0v) is 9.74. The molecule has 2 N–H and O–H groups in total. The zero-order valence-electron chi connectivity index (χ0n) is 9.74. The summed E-state index contributed by atoms with van der Waals surface area (Å²) in [6.07, 6.45) is 1.36. The maximum Gasteiger partial charge on any atom is 0.330 e. The number of nitrogens with zero attached hydrogens (tertiary/aromatic N) is 4. The molecule has 18 heavy (non-hydrogen) atoms. The number of rotatable bonds is 6. The molecular weight excluding hydrogens is 242 g/mol. The number of aliphatic hydroxyl groups excluding tert-OH is 1. The van der Waals surface area contributed by atoms with Gasteiger partial charge in [0.1, 0.15) is 6.73 Å². The molecule has 1 unspecified atom stereocenters. The first-order valence-corrected chi connectivity index (χ1v) is 5.11. The lowest BCUT2D eigenvalue weighted by Crippen LogP contribution is -2.32. The van der Waals surface area contributed by atoms with E-state index >= 15 is 0 Å². The van der Waals surface area contributed by atoms with Crippen molar-refractivity contribution in [2.75, 3.05) is 13.2 Å². The predicted octanol–water partition coefficient (Wildman–Crippen LogP) is -0.510. The highest BCUT2D eigenvalue weighted by molar-refractivity contribution is 5.00. The molecule has 0 aliphatic carbocycles. The number of aliphatic hydroxyl groups is 1. The molecule has 0 radical (unpaired) electrons. The lowest BCUT2D eigenvalue weighted by Gasteiger charge is -2.10. The number of H-pyrrole nitrogens is 1. The third kappa shape index (κ3) is 3.74. The van der Waals surface area contributed by atoms with Gasteiger partial charge in [-0.2, -0.15) is 0 Å². The Hall–Kier alpha value is -2.09. The van der Waals surface area contributed by atoms with Gasteiger partial charge in [0.2, 0.25) is 0 Å². The Labute approximate surface area is 101 Å². The Morgan fingerprint density at radius 3 is 3.00 bits per heavy atom. The molecule has 0 aliphatic rings. The first kappa shape index (κ1) is 14.0. The SMILES string of the molecule is Cc1cn(COCC(CO)N=[N+]=[N-])c(=O)[nH]c1=O. The van der Waals surface area contributed by atoms with Crippen LogP contribution in [0, 0.1) is 6.92 Å². The second-order valence-electron chi connectivity index (χ2n) is 3.58. The van der Waals surface area contributed by atoms with E-state index in [0.29, 0.717) is 5.56 Å². The van der Waals surface area contributed by atoms with Crippen LogP contribution in [0.25, 0.3) is 10.4 Å². The van der Waals surface area contributed by atoms with E-state index in [-0.39, 0.29) is 19.9 Å². The molecule has 9 heteroatoms. The highest BCUT2D eigenvalue weighted by Crippen LogP contribution is 1.93. The fourth-order valence-corrected chi connectivity index (χ4v) is 1.20. The highest BCUT2D eigenvalue weighted by atomic mass is 16.5. The summed E-state index contributed by atoms with van der Waals surface area (Å²) in [5, 5.41) is 12.1. The summed E-state index contributed by atoms with van der Waals surface area (Å²) >= 11 is 0. The molecule has 1 heterocycles. The third-order valence-electron chi connectivity index (χ3n) is 2.16. The van der Waals surface area contributed by atoms with E-state index < -0.39 is 17.3 Å². The fraction of sp³-hybridized carbons (Fsp3) is 0.556. The molecule has 1 aromatic heterocycles. The van der Waals surface area contributed by atoms with E-state index in [0.717, 1.165) is 0 Å². The van der Waals surface area contributed by atoms with Crippen LogP contribution in [0.2, 0.25) is 0 Å². The largest absolute Gasteiger partial charge is 0.396 e. The number of azide groups is 1. The Bertz CT molecular complexity index is 557. The lowest BCUT2D eigenvalue weighted by molar-refractivity contribution is 0.0521. The Morgan fingerprint density at radius 2 is 2.39 bits per heavy atom. The lowest BCUT2D eigenvalue weighted by atomic mass is 10.4. The molecule has 0 aliphatic heterocycles. The van der Waals surface area contributed by atoms with Crippen molar-refractivity contribution in [3.05, 3.63) is 43.0 Å². The third-order valence-corrected chi connectivity index (χ3v) is 2.16. The summed E-state index contributed by atoms with van der Waals surface area (Å²) in [6.45, 7) is 1.09. The van der Waals surface area contributed by atoms with Gasteiger partial charge in [0.25, 0.3) is 5.56 Å². The number of aromatic amines is 1. The number of aromatic nitrogens is 2. The summed E-state index contributed by atoms with van der Waals surface area (Å²) in [7, 11) is 0. The second-order valence-corrected chi connectivity index (χ2v) is 3.58. The van der Waals surface area contributed by atoms with Crippen LogP contribution in [-0.2, 0) is 11.5 Å². The van der Waals surface area contributed by atoms with Crippen molar-refractivity contribution in [1.29, 1.82) is 0 Å². The van der Waals surface area contributed by atoms with Gasteiger partial charge in [-0.25, -0.2) is 4.79 Å². The van der Waals surface area contributed by atoms with Gasteiger partial charge in [-0.05, 0) is 12.5 Å². The average molecular weight is 255 g/mol. The summed E-state index contributed by atoms with van der Waals surface area (Å²) in [5.41, 5.74) is 7.54. The predicted molar refractivity (Wildman–Crippen MR) is 62.0 cm³/mol. The number of aryl methyl sites for hydroxylation is 1. The van der Waals surface area contributed by atoms with Crippen molar-refractivity contribution in [3.63, 3.8) is 0 Å². The average Bonchev–Trinajstić information content (AvgIpc) is 2.34. The standard InChI is InChI=1S/C9H13N5O4/c1-6-2-14(9(17)11-8(6)16)5-18-4-7(3-15)12-13-10/h2,7,15H,3-5H2,1H3,(H,11,16,17). The van der Waals surface area contributed by atoms with Crippen LogP contribution in [0.4, 0.5) is 0 Å². The van der Waals surface area contributed by atoms with Gasteiger partial charge in [0.15, 0.2) is 0 Å². The topological polar surface area (TPSA) is 133 Å². The molecule has 0 amide bonds. The molecule has 0 spiro atoms. The van der Waals surface area contributed by atoms with Gasteiger partial charge in [-0.1, -0.05) is 5.11 Å². The first-order valence-electron chi connectivity index (χ1n) is 5.11. The van der Waals surface area contributed by atoms with E-state index in [1.54, 1.807) is 6.92 Å². The monoisotopic (exact) mass is 255 g/mol. The molecule has 98 valence electrons. The molecule has 1 aromatic rings. The first-order chi connectivity index (χ1) is 8.58. The quantitative estimate of drug-likeness (QED) is 0.402. The molecule has 1 atom stereocenters. The van der Waals surface area contributed by atoms with Crippen molar-refractivity contribution in [2.24, 2.45) is 5.11 Å². The normalized spacial score (nSPS) is 11.9. The van der Waals surface area contributed by atoms with Crippen LogP contribution in [0.15, 0.2) is 20.9 Å². The van der Waals surface area contributed by atoms with Crippen molar-refractivity contribution in [1.82, 2.24) is 9.55 Å². The molecule has 0 aromatic carbocycles. The van der Waals surface area contributed by atoms with Gasteiger partial charge < -0.3 is 9.84 Å². The Balaban J connectivity index is 2.64. The van der Waals surface area contributed by atoms with Crippen LogP contribution in [-0.4, -0.2) is 33.9 Å². The van der Waals surface area contributed by atoms with Crippen LogP contribution in [0.3, 0.4) is 0 Å². The van der Waals surface area contributed by atoms with Gasteiger partial charge in [0, 0.05) is 16.7 Å². The summed E-state index contributed by atoms with van der Waals surface area (Å²) in [4.78, 5) is 27.1. The minimum Gasteiger partial charge on any atom is -0.396 e. The minimum atomic E-state index is -0.699. The van der Waals surface area contributed by atoms with Crippen LogP contribution < -0.4 is 11.2 Å². The van der Waals surface area contributed by atoms with E-state index in [1.165, 1.54) is 10.8 Å². The maximum absolute atomic E-state index is 11.4. The van der Waals surface area contributed by atoms with Crippen molar-refractivity contribution < 1.29 is 9.84 Å². The van der Waals surface area contributed by atoms with E-state index in [4.69, 9.17) is 15.4 Å². The van der Waals surface area contributed by atoms with Crippen LogP contribution in [0.5, 0.6) is 0 Å². The molecule has 0 saturated carbocycles. The van der Waals surface area contributed by atoms with Gasteiger partial charge in [0.05, 0.1) is 19.3 Å². The highest BCUT2D eigenvalue weighted by Gasteiger charge is 2.05. The van der Waals surface area contributed by atoms with E-state index in [2.05, 4.69) is 15.0 Å². The molecule has 0 saturated heterocycles. The number of nitrogens with one attached hydrogen (secondary N) is 1. The Morgan fingerprint density at radius 1 is 1.67 bits per heavy atom. The maximum atomic E-state index is 11.4. The molecule has 1 rings (SSSR count). The van der Waals surface area contributed by atoms with Crippen molar-refractivity contribution in [3.8, 4) is 0 Å². The van der Waals surface area contributed by atoms with Crippen molar-refractivity contribution in [2.45, 2.75) is 19.7 Å². The smallest absolute Gasteiger partial charge is 0.330 e. The summed E-state index contributed by atoms with van der Waals surface area (Å²) < 4.78 is 6.28. The van der Waals surface area contributed by atoms with Gasteiger partial charge in [-0.15, -0.1) is 0 Å². The molecule has 9 nitrogen and oxygen atoms in total. The van der Waals surface area contributed by atoms with Gasteiger partial charge in [-0.3, -0.25) is 14.3 Å². The molecule has 0 bridgehead atoms.